The van der Waals surface area contributed by atoms with E-state index in [1.165, 1.54) is 0 Å². The van der Waals surface area contributed by atoms with E-state index in [0.29, 0.717) is 19.5 Å². The molecule has 0 aliphatic rings. The first-order valence-corrected chi connectivity index (χ1v) is 4.71. The van der Waals surface area contributed by atoms with E-state index in [-0.39, 0.29) is 5.91 Å². The van der Waals surface area contributed by atoms with Gasteiger partial charge in [0.1, 0.15) is 0 Å². The SMILES string of the molecule is CCNC(=O)CCNc1cnn(C)c1. The highest BCUT2D eigenvalue weighted by molar-refractivity contribution is 5.76. The van der Waals surface area contributed by atoms with Crippen LogP contribution < -0.4 is 10.6 Å². The van der Waals surface area contributed by atoms with Crippen molar-refractivity contribution in [2.45, 2.75) is 13.3 Å². The number of hydrogen-bond donors (Lipinski definition) is 2. The van der Waals surface area contributed by atoms with Crippen molar-refractivity contribution in [2.75, 3.05) is 18.4 Å². The summed E-state index contributed by atoms with van der Waals surface area (Å²) in [4.78, 5) is 11.1. The Morgan fingerprint density at radius 1 is 1.64 bits per heavy atom. The number of carbonyl (C=O) groups is 1. The van der Waals surface area contributed by atoms with Crippen LogP contribution in [0.15, 0.2) is 12.4 Å². The molecule has 0 bridgehead atoms. The van der Waals surface area contributed by atoms with Gasteiger partial charge in [0, 0.05) is 32.8 Å². The lowest BCUT2D eigenvalue weighted by Gasteiger charge is -2.03. The van der Waals surface area contributed by atoms with Crippen LogP contribution in [0.25, 0.3) is 0 Å². The minimum absolute atomic E-state index is 0.0730. The normalized spacial score (nSPS) is 9.86. The minimum atomic E-state index is 0.0730. The van der Waals surface area contributed by atoms with Gasteiger partial charge >= 0.3 is 0 Å². The van der Waals surface area contributed by atoms with E-state index < -0.39 is 0 Å². The Morgan fingerprint density at radius 2 is 2.43 bits per heavy atom. The Bertz CT molecular complexity index is 295. The van der Waals surface area contributed by atoms with Crippen LogP contribution in [0.4, 0.5) is 5.69 Å². The Balaban J connectivity index is 2.18. The van der Waals surface area contributed by atoms with E-state index in [2.05, 4.69) is 15.7 Å². The average Bonchev–Trinajstić information content (AvgIpc) is 2.52. The van der Waals surface area contributed by atoms with Crippen molar-refractivity contribution in [3.05, 3.63) is 12.4 Å². The number of anilines is 1. The fraction of sp³-hybridized carbons (Fsp3) is 0.556. The second-order valence-corrected chi connectivity index (χ2v) is 3.03. The average molecular weight is 196 g/mol. The minimum Gasteiger partial charge on any atom is -0.382 e. The van der Waals surface area contributed by atoms with Crippen molar-refractivity contribution in [1.29, 1.82) is 0 Å². The standard InChI is InChI=1S/C9H16N4O/c1-3-10-9(14)4-5-11-8-6-12-13(2)7-8/h6-7,11H,3-5H2,1-2H3,(H,10,14). The number of rotatable bonds is 5. The Labute approximate surface area is 83.5 Å². The highest BCUT2D eigenvalue weighted by atomic mass is 16.1. The predicted molar refractivity (Wildman–Crippen MR) is 55.0 cm³/mol. The van der Waals surface area contributed by atoms with E-state index in [1.807, 2.05) is 20.2 Å². The molecule has 14 heavy (non-hydrogen) atoms. The molecule has 5 nitrogen and oxygen atoms in total. The second-order valence-electron chi connectivity index (χ2n) is 3.03. The van der Waals surface area contributed by atoms with Crippen molar-refractivity contribution in [1.82, 2.24) is 15.1 Å². The van der Waals surface area contributed by atoms with Gasteiger partial charge in [-0.15, -0.1) is 0 Å². The van der Waals surface area contributed by atoms with Crippen LogP contribution in [0.5, 0.6) is 0 Å². The van der Waals surface area contributed by atoms with Crippen molar-refractivity contribution >= 4 is 11.6 Å². The topological polar surface area (TPSA) is 59.0 Å². The molecule has 2 N–H and O–H groups in total. The summed E-state index contributed by atoms with van der Waals surface area (Å²) >= 11 is 0. The molecule has 0 radical (unpaired) electrons. The Kier molecular flexibility index (Phi) is 3.97. The molecule has 1 aromatic heterocycles. The molecule has 0 aliphatic heterocycles. The van der Waals surface area contributed by atoms with Gasteiger partial charge in [-0.05, 0) is 6.92 Å². The number of amides is 1. The zero-order chi connectivity index (χ0) is 10.4. The zero-order valence-corrected chi connectivity index (χ0v) is 8.58. The van der Waals surface area contributed by atoms with Crippen LogP contribution in [0.1, 0.15) is 13.3 Å². The fourth-order valence-electron chi connectivity index (χ4n) is 1.12. The number of carbonyl (C=O) groups excluding carboxylic acids is 1. The molecule has 0 saturated heterocycles. The van der Waals surface area contributed by atoms with Crippen LogP contribution in [-0.2, 0) is 11.8 Å². The van der Waals surface area contributed by atoms with Crippen LogP contribution in [-0.4, -0.2) is 28.8 Å². The lowest BCUT2D eigenvalue weighted by molar-refractivity contribution is -0.120. The van der Waals surface area contributed by atoms with E-state index >= 15 is 0 Å². The summed E-state index contributed by atoms with van der Waals surface area (Å²) in [5.41, 5.74) is 0.941. The zero-order valence-electron chi connectivity index (χ0n) is 8.58. The van der Waals surface area contributed by atoms with Gasteiger partial charge < -0.3 is 10.6 Å². The van der Waals surface area contributed by atoms with Gasteiger partial charge in [0.25, 0.3) is 0 Å². The fourth-order valence-corrected chi connectivity index (χ4v) is 1.12. The van der Waals surface area contributed by atoms with E-state index in [1.54, 1.807) is 10.9 Å². The first kappa shape index (κ1) is 10.6. The molecular weight excluding hydrogens is 180 g/mol. The molecule has 0 aromatic carbocycles. The van der Waals surface area contributed by atoms with Gasteiger partial charge in [-0.2, -0.15) is 5.10 Å². The predicted octanol–water partition coefficient (Wildman–Crippen LogP) is 0.358. The summed E-state index contributed by atoms with van der Waals surface area (Å²) in [7, 11) is 1.86. The molecule has 0 spiro atoms. The molecule has 0 aliphatic carbocycles. The van der Waals surface area contributed by atoms with Crippen LogP contribution in [0, 0.1) is 0 Å². The molecule has 1 rings (SSSR count). The molecule has 78 valence electrons. The number of aromatic nitrogens is 2. The lowest BCUT2D eigenvalue weighted by atomic mass is 10.4. The molecule has 1 heterocycles. The van der Waals surface area contributed by atoms with Gasteiger partial charge in [-0.1, -0.05) is 0 Å². The summed E-state index contributed by atoms with van der Waals surface area (Å²) in [5, 5.41) is 9.85. The quantitative estimate of drug-likeness (QED) is 0.714. The molecule has 0 fully saturated rings. The Morgan fingerprint density at radius 3 is 3.00 bits per heavy atom. The highest BCUT2D eigenvalue weighted by Crippen LogP contribution is 2.02. The largest absolute Gasteiger partial charge is 0.382 e. The van der Waals surface area contributed by atoms with E-state index in [4.69, 9.17) is 0 Å². The maximum absolute atomic E-state index is 11.1. The smallest absolute Gasteiger partial charge is 0.221 e. The monoisotopic (exact) mass is 196 g/mol. The van der Waals surface area contributed by atoms with Gasteiger partial charge in [-0.25, -0.2) is 0 Å². The lowest BCUT2D eigenvalue weighted by Crippen LogP contribution is -2.24. The number of aryl methyl sites for hydroxylation is 1. The maximum atomic E-state index is 11.1. The number of nitrogens with zero attached hydrogens (tertiary/aromatic N) is 2. The highest BCUT2D eigenvalue weighted by Gasteiger charge is 1.99. The molecule has 1 amide bonds. The van der Waals surface area contributed by atoms with Crippen LogP contribution in [0.2, 0.25) is 0 Å². The van der Waals surface area contributed by atoms with Crippen molar-refractivity contribution in [2.24, 2.45) is 7.05 Å². The van der Waals surface area contributed by atoms with Gasteiger partial charge in [-0.3, -0.25) is 9.48 Å². The third-order valence-corrected chi connectivity index (χ3v) is 1.76. The summed E-state index contributed by atoms with van der Waals surface area (Å²) in [6.45, 7) is 3.23. The van der Waals surface area contributed by atoms with Gasteiger partial charge in [0.15, 0.2) is 0 Å². The summed E-state index contributed by atoms with van der Waals surface area (Å²) in [6, 6.07) is 0. The molecule has 0 unspecified atom stereocenters. The molecular formula is C9H16N4O. The van der Waals surface area contributed by atoms with Crippen LogP contribution >= 0.6 is 0 Å². The second kappa shape index (κ2) is 5.26. The van der Waals surface area contributed by atoms with Gasteiger partial charge in [0.05, 0.1) is 11.9 Å². The van der Waals surface area contributed by atoms with Gasteiger partial charge in [0.2, 0.25) is 5.91 Å². The van der Waals surface area contributed by atoms with Crippen molar-refractivity contribution in [3.63, 3.8) is 0 Å². The Hall–Kier alpha value is -1.52. The summed E-state index contributed by atoms with van der Waals surface area (Å²) in [5.74, 6) is 0.0730. The first-order chi connectivity index (χ1) is 6.72. The molecule has 0 saturated carbocycles. The van der Waals surface area contributed by atoms with Crippen molar-refractivity contribution in [3.8, 4) is 0 Å². The number of nitrogens with one attached hydrogen (secondary N) is 2. The van der Waals surface area contributed by atoms with Crippen LogP contribution in [0.3, 0.4) is 0 Å². The maximum Gasteiger partial charge on any atom is 0.221 e. The van der Waals surface area contributed by atoms with Crippen molar-refractivity contribution < 1.29 is 4.79 Å². The third-order valence-electron chi connectivity index (χ3n) is 1.76. The summed E-state index contributed by atoms with van der Waals surface area (Å²) < 4.78 is 1.72. The molecule has 5 heteroatoms. The first-order valence-electron chi connectivity index (χ1n) is 4.71. The molecule has 0 atom stereocenters. The van der Waals surface area contributed by atoms with E-state index in [0.717, 1.165) is 5.69 Å². The summed E-state index contributed by atoms with van der Waals surface area (Å²) in [6.07, 6.45) is 4.10. The van der Waals surface area contributed by atoms with E-state index in [9.17, 15) is 4.79 Å². The molecule has 1 aromatic rings. The number of hydrogen-bond acceptors (Lipinski definition) is 3. The third kappa shape index (κ3) is 3.47.